The van der Waals surface area contributed by atoms with Gasteiger partial charge in [0, 0.05) is 12.7 Å². The van der Waals surface area contributed by atoms with Gasteiger partial charge in [-0.15, -0.1) is 0 Å². The Balaban J connectivity index is 2.20. The van der Waals surface area contributed by atoms with E-state index in [-0.39, 0.29) is 5.91 Å². The molecule has 0 bridgehead atoms. The summed E-state index contributed by atoms with van der Waals surface area (Å²) in [6.07, 6.45) is 0. The molecule has 1 atom stereocenters. The fourth-order valence-corrected chi connectivity index (χ4v) is 2.05. The minimum absolute atomic E-state index is 0.279. The van der Waals surface area contributed by atoms with E-state index in [4.69, 9.17) is 5.11 Å². The van der Waals surface area contributed by atoms with Gasteiger partial charge in [0.25, 0.3) is 5.91 Å². The van der Waals surface area contributed by atoms with E-state index in [0.29, 0.717) is 16.9 Å². The average Bonchev–Trinajstić information content (AvgIpc) is 2.77. The van der Waals surface area contributed by atoms with Crippen molar-refractivity contribution >= 4 is 17.6 Å². The van der Waals surface area contributed by atoms with Gasteiger partial charge in [0.2, 0.25) is 0 Å². The third kappa shape index (κ3) is 3.28. The Labute approximate surface area is 122 Å². The molecule has 1 aromatic carbocycles. The minimum Gasteiger partial charge on any atom is -0.481 e. The summed E-state index contributed by atoms with van der Waals surface area (Å²) in [6, 6.07) is 8.53. The molecular weight excluding hydrogens is 270 g/mol. The first-order chi connectivity index (χ1) is 9.88. The molecule has 0 aliphatic rings. The molecule has 1 aromatic heterocycles. The van der Waals surface area contributed by atoms with E-state index >= 15 is 0 Å². The van der Waals surface area contributed by atoms with Gasteiger partial charge in [-0.2, -0.15) is 5.10 Å². The summed E-state index contributed by atoms with van der Waals surface area (Å²) in [4.78, 5) is 23.2. The molecule has 6 heteroatoms. The zero-order valence-electron chi connectivity index (χ0n) is 12.1. The van der Waals surface area contributed by atoms with Crippen molar-refractivity contribution in [1.82, 2.24) is 9.78 Å². The normalized spacial score (nSPS) is 12.0. The summed E-state index contributed by atoms with van der Waals surface area (Å²) in [5.41, 5.74) is 2.41. The van der Waals surface area contributed by atoms with Crippen molar-refractivity contribution in [2.24, 2.45) is 7.05 Å². The van der Waals surface area contributed by atoms with E-state index in [1.807, 2.05) is 6.92 Å². The van der Waals surface area contributed by atoms with Crippen LogP contribution >= 0.6 is 0 Å². The Morgan fingerprint density at radius 1 is 1.33 bits per heavy atom. The van der Waals surface area contributed by atoms with Crippen molar-refractivity contribution in [1.29, 1.82) is 0 Å². The van der Waals surface area contributed by atoms with E-state index in [1.165, 1.54) is 4.68 Å². The maximum Gasteiger partial charge on any atom is 0.310 e. The van der Waals surface area contributed by atoms with E-state index in [1.54, 1.807) is 44.3 Å². The molecule has 0 saturated carbocycles. The lowest BCUT2D eigenvalue weighted by Crippen LogP contribution is -2.16. The van der Waals surface area contributed by atoms with Crippen LogP contribution in [0, 0.1) is 6.92 Å². The van der Waals surface area contributed by atoms with Crippen LogP contribution in [0.2, 0.25) is 0 Å². The summed E-state index contributed by atoms with van der Waals surface area (Å²) in [7, 11) is 1.70. The zero-order chi connectivity index (χ0) is 15.6. The highest BCUT2D eigenvalue weighted by Crippen LogP contribution is 2.20. The first kappa shape index (κ1) is 14.8. The van der Waals surface area contributed by atoms with E-state index < -0.39 is 11.9 Å². The lowest BCUT2D eigenvalue weighted by molar-refractivity contribution is -0.138. The number of rotatable bonds is 4. The summed E-state index contributed by atoms with van der Waals surface area (Å²) >= 11 is 0. The summed E-state index contributed by atoms with van der Waals surface area (Å²) in [5, 5.41) is 15.9. The first-order valence-electron chi connectivity index (χ1n) is 6.53. The van der Waals surface area contributed by atoms with E-state index in [2.05, 4.69) is 10.4 Å². The number of carboxylic acids is 1. The van der Waals surface area contributed by atoms with Crippen molar-refractivity contribution < 1.29 is 14.7 Å². The quantitative estimate of drug-likeness (QED) is 0.902. The molecule has 0 aliphatic carbocycles. The highest BCUT2D eigenvalue weighted by Gasteiger charge is 2.15. The fraction of sp³-hybridized carbons (Fsp3) is 0.267. The minimum atomic E-state index is -0.902. The van der Waals surface area contributed by atoms with Crippen LogP contribution in [0.1, 0.15) is 34.6 Å². The van der Waals surface area contributed by atoms with Crippen molar-refractivity contribution in [3.63, 3.8) is 0 Å². The van der Waals surface area contributed by atoms with Crippen LogP contribution in [0.25, 0.3) is 0 Å². The van der Waals surface area contributed by atoms with Crippen molar-refractivity contribution in [2.45, 2.75) is 19.8 Å². The molecule has 0 saturated heterocycles. The largest absolute Gasteiger partial charge is 0.481 e. The van der Waals surface area contributed by atoms with Gasteiger partial charge in [-0.1, -0.05) is 12.1 Å². The van der Waals surface area contributed by atoms with Crippen LogP contribution in [-0.2, 0) is 11.8 Å². The second kappa shape index (κ2) is 5.78. The maximum absolute atomic E-state index is 12.2. The smallest absolute Gasteiger partial charge is 0.310 e. The van der Waals surface area contributed by atoms with Crippen LogP contribution in [0.15, 0.2) is 30.3 Å². The molecule has 21 heavy (non-hydrogen) atoms. The molecule has 2 rings (SSSR count). The molecule has 1 heterocycles. The monoisotopic (exact) mass is 287 g/mol. The Hall–Kier alpha value is -2.63. The van der Waals surface area contributed by atoms with Gasteiger partial charge in [-0.25, -0.2) is 0 Å². The molecular formula is C15H17N3O3. The van der Waals surface area contributed by atoms with Crippen LogP contribution < -0.4 is 5.32 Å². The third-order valence-corrected chi connectivity index (χ3v) is 3.25. The predicted octanol–water partition coefficient (Wildman–Crippen LogP) is 2.17. The molecule has 2 N–H and O–H groups in total. The topological polar surface area (TPSA) is 84.2 Å². The molecule has 2 aromatic rings. The molecule has 0 fully saturated rings. The number of anilines is 1. The van der Waals surface area contributed by atoms with Gasteiger partial charge in [0.1, 0.15) is 5.69 Å². The van der Waals surface area contributed by atoms with Gasteiger partial charge in [-0.3, -0.25) is 14.3 Å². The van der Waals surface area contributed by atoms with E-state index in [0.717, 1.165) is 5.69 Å². The summed E-state index contributed by atoms with van der Waals surface area (Å²) < 4.78 is 1.51. The van der Waals surface area contributed by atoms with Crippen molar-refractivity contribution in [3.05, 3.63) is 47.3 Å². The Kier molecular flexibility index (Phi) is 4.07. The van der Waals surface area contributed by atoms with Crippen LogP contribution in [0.4, 0.5) is 5.69 Å². The number of carbonyl (C=O) groups is 2. The fourth-order valence-electron chi connectivity index (χ4n) is 2.05. The van der Waals surface area contributed by atoms with Crippen LogP contribution in [0.5, 0.6) is 0 Å². The number of aromatic nitrogens is 2. The molecule has 0 radical (unpaired) electrons. The van der Waals surface area contributed by atoms with Gasteiger partial charge in [-0.05, 0) is 37.6 Å². The molecule has 0 aliphatic heterocycles. The Bertz CT molecular complexity index is 691. The number of amides is 1. The van der Waals surface area contributed by atoms with Gasteiger partial charge in [0.05, 0.1) is 11.6 Å². The molecule has 110 valence electrons. The number of nitrogens with one attached hydrogen (secondary N) is 1. The number of nitrogens with zero attached hydrogens (tertiary/aromatic N) is 2. The summed E-state index contributed by atoms with van der Waals surface area (Å²) in [6.45, 7) is 3.42. The number of benzene rings is 1. The first-order valence-corrected chi connectivity index (χ1v) is 6.53. The second-order valence-electron chi connectivity index (χ2n) is 4.93. The summed E-state index contributed by atoms with van der Waals surface area (Å²) in [5.74, 6) is -1.81. The molecule has 1 amide bonds. The van der Waals surface area contributed by atoms with Crippen LogP contribution in [0.3, 0.4) is 0 Å². The van der Waals surface area contributed by atoms with E-state index in [9.17, 15) is 9.59 Å². The van der Waals surface area contributed by atoms with Crippen molar-refractivity contribution in [3.8, 4) is 0 Å². The number of hydrogen-bond donors (Lipinski definition) is 2. The lowest BCUT2D eigenvalue weighted by atomic mass is 10.0. The second-order valence-corrected chi connectivity index (χ2v) is 4.93. The highest BCUT2D eigenvalue weighted by atomic mass is 16.4. The SMILES string of the molecule is Cc1cc(C(=O)Nc2cccc([C@@H](C)C(=O)O)c2)n(C)n1. The lowest BCUT2D eigenvalue weighted by Gasteiger charge is -2.10. The van der Waals surface area contributed by atoms with Crippen molar-refractivity contribution in [2.75, 3.05) is 5.32 Å². The molecule has 6 nitrogen and oxygen atoms in total. The Morgan fingerprint density at radius 2 is 2.05 bits per heavy atom. The van der Waals surface area contributed by atoms with Crippen LogP contribution in [-0.4, -0.2) is 26.8 Å². The maximum atomic E-state index is 12.2. The molecule has 0 unspecified atom stereocenters. The van der Waals surface area contributed by atoms with Gasteiger partial charge < -0.3 is 10.4 Å². The average molecular weight is 287 g/mol. The zero-order valence-corrected chi connectivity index (χ0v) is 12.1. The van der Waals surface area contributed by atoms with Gasteiger partial charge in [0.15, 0.2) is 0 Å². The number of carbonyl (C=O) groups excluding carboxylic acids is 1. The standard InChI is InChI=1S/C15H17N3O3/c1-9-7-13(18(3)17-9)14(19)16-12-6-4-5-11(8-12)10(2)15(20)21/h4-8,10H,1-3H3,(H,16,19)(H,20,21)/t10-/m1/s1. The van der Waals surface area contributed by atoms with Gasteiger partial charge >= 0.3 is 5.97 Å². The number of hydrogen-bond acceptors (Lipinski definition) is 3. The Morgan fingerprint density at radius 3 is 2.62 bits per heavy atom. The number of aliphatic carboxylic acids is 1. The number of aryl methyl sites for hydroxylation is 2. The predicted molar refractivity (Wildman–Crippen MR) is 78.4 cm³/mol. The number of carboxylic acid groups (broad SMARTS) is 1. The molecule has 0 spiro atoms. The highest BCUT2D eigenvalue weighted by molar-refractivity contribution is 6.03. The third-order valence-electron chi connectivity index (χ3n) is 3.25.